The molecule has 0 radical (unpaired) electrons. The average Bonchev–Trinajstić information content (AvgIpc) is 2.48. The Morgan fingerprint density at radius 3 is 2.77 bits per heavy atom. The third-order valence-corrected chi connectivity index (χ3v) is 4.23. The number of benzene rings is 1. The van der Waals surface area contributed by atoms with Crippen LogP contribution in [0.3, 0.4) is 0 Å². The standard InChI is InChI=1S/C16H23N3O3/c1-16(2)8-7-13(10-5-3-4-6-11(10)16)19-15(22)18-9-12(17)14(20)21/h3-6,12-13H,7-9,17H2,1-2H3,(H,20,21)(H2,18,19,22). The van der Waals surface area contributed by atoms with Crippen LogP contribution in [0.4, 0.5) is 4.79 Å². The molecule has 2 unspecified atom stereocenters. The molecule has 0 aliphatic heterocycles. The normalized spacial score (nSPS) is 20.6. The Bertz CT molecular complexity index is 572. The number of carbonyl (C=O) groups is 2. The van der Waals surface area contributed by atoms with Crippen molar-refractivity contribution in [1.82, 2.24) is 10.6 Å². The van der Waals surface area contributed by atoms with Crippen LogP contribution in [0.25, 0.3) is 0 Å². The first-order valence-corrected chi connectivity index (χ1v) is 7.43. The zero-order valence-corrected chi connectivity index (χ0v) is 12.9. The van der Waals surface area contributed by atoms with Crippen molar-refractivity contribution in [2.75, 3.05) is 6.54 Å². The quantitative estimate of drug-likeness (QED) is 0.676. The predicted molar refractivity (Wildman–Crippen MR) is 83.6 cm³/mol. The van der Waals surface area contributed by atoms with Crippen LogP contribution in [-0.2, 0) is 10.2 Å². The maximum Gasteiger partial charge on any atom is 0.322 e. The van der Waals surface area contributed by atoms with Gasteiger partial charge in [-0.05, 0) is 29.4 Å². The van der Waals surface area contributed by atoms with Gasteiger partial charge in [0.1, 0.15) is 6.04 Å². The number of fused-ring (bicyclic) bond motifs is 1. The molecule has 2 amide bonds. The second-order valence-corrected chi connectivity index (χ2v) is 6.36. The lowest BCUT2D eigenvalue weighted by Crippen LogP contribution is -2.47. The van der Waals surface area contributed by atoms with Gasteiger partial charge in [0, 0.05) is 6.54 Å². The lowest BCUT2D eigenvalue weighted by atomic mass is 9.71. The summed E-state index contributed by atoms with van der Waals surface area (Å²) in [5.74, 6) is -1.13. The smallest absolute Gasteiger partial charge is 0.322 e. The van der Waals surface area contributed by atoms with Gasteiger partial charge in [0.05, 0.1) is 6.04 Å². The van der Waals surface area contributed by atoms with E-state index in [1.54, 1.807) is 0 Å². The molecule has 0 heterocycles. The molecular formula is C16H23N3O3. The first kappa shape index (κ1) is 16.3. The van der Waals surface area contributed by atoms with Gasteiger partial charge in [0.15, 0.2) is 0 Å². The van der Waals surface area contributed by atoms with Crippen LogP contribution in [0.1, 0.15) is 43.9 Å². The summed E-state index contributed by atoms with van der Waals surface area (Å²) in [7, 11) is 0. The van der Waals surface area contributed by atoms with Gasteiger partial charge in [-0.1, -0.05) is 38.1 Å². The fourth-order valence-corrected chi connectivity index (χ4v) is 2.86. The monoisotopic (exact) mass is 305 g/mol. The van der Waals surface area contributed by atoms with Crippen molar-refractivity contribution in [1.29, 1.82) is 0 Å². The molecular weight excluding hydrogens is 282 g/mol. The Labute approximate surface area is 130 Å². The number of carbonyl (C=O) groups excluding carboxylic acids is 1. The highest BCUT2D eigenvalue weighted by atomic mass is 16.4. The topological polar surface area (TPSA) is 104 Å². The predicted octanol–water partition coefficient (Wildman–Crippen LogP) is 1.51. The molecule has 1 aromatic rings. The third kappa shape index (κ3) is 3.57. The van der Waals surface area contributed by atoms with Gasteiger partial charge in [-0.2, -0.15) is 0 Å². The zero-order chi connectivity index (χ0) is 16.3. The molecule has 0 saturated carbocycles. The fourth-order valence-electron chi connectivity index (χ4n) is 2.86. The molecule has 0 bridgehead atoms. The maximum absolute atomic E-state index is 11.9. The van der Waals surface area contributed by atoms with Crippen LogP contribution in [0.2, 0.25) is 0 Å². The second kappa shape index (κ2) is 6.36. The van der Waals surface area contributed by atoms with Crippen molar-refractivity contribution >= 4 is 12.0 Å². The van der Waals surface area contributed by atoms with Crippen LogP contribution >= 0.6 is 0 Å². The van der Waals surface area contributed by atoms with Crippen molar-refractivity contribution < 1.29 is 14.7 Å². The van der Waals surface area contributed by atoms with Crippen LogP contribution in [0.5, 0.6) is 0 Å². The van der Waals surface area contributed by atoms with E-state index in [2.05, 4.69) is 30.5 Å². The second-order valence-electron chi connectivity index (χ2n) is 6.36. The molecule has 5 N–H and O–H groups in total. The Morgan fingerprint density at radius 2 is 2.09 bits per heavy atom. The molecule has 0 spiro atoms. The first-order chi connectivity index (χ1) is 10.3. The van der Waals surface area contributed by atoms with Gasteiger partial charge in [-0.3, -0.25) is 4.79 Å². The Kier molecular flexibility index (Phi) is 4.71. The fraction of sp³-hybridized carbons (Fsp3) is 0.500. The number of hydrogen-bond donors (Lipinski definition) is 4. The van der Waals surface area contributed by atoms with E-state index in [9.17, 15) is 9.59 Å². The molecule has 6 nitrogen and oxygen atoms in total. The highest BCUT2D eigenvalue weighted by Gasteiger charge is 2.32. The zero-order valence-electron chi connectivity index (χ0n) is 12.9. The largest absolute Gasteiger partial charge is 0.480 e. The number of amides is 2. The molecule has 0 fully saturated rings. The van der Waals surface area contributed by atoms with Gasteiger partial charge in [0.25, 0.3) is 0 Å². The van der Waals surface area contributed by atoms with Crippen LogP contribution < -0.4 is 16.4 Å². The van der Waals surface area contributed by atoms with Crippen LogP contribution in [0, 0.1) is 0 Å². The number of rotatable bonds is 4. The number of nitrogens with two attached hydrogens (primary N) is 1. The summed E-state index contributed by atoms with van der Waals surface area (Å²) in [5, 5.41) is 14.1. The number of carboxylic acid groups (broad SMARTS) is 1. The number of carboxylic acids is 1. The summed E-state index contributed by atoms with van der Waals surface area (Å²) in [6.07, 6.45) is 1.83. The first-order valence-electron chi connectivity index (χ1n) is 7.43. The molecule has 0 aromatic heterocycles. The molecule has 6 heteroatoms. The highest BCUT2D eigenvalue weighted by Crippen LogP contribution is 2.41. The number of nitrogens with one attached hydrogen (secondary N) is 2. The van der Waals surface area contributed by atoms with E-state index in [1.165, 1.54) is 5.56 Å². The molecule has 0 saturated heterocycles. The van der Waals surface area contributed by atoms with E-state index >= 15 is 0 Å². The lowest BCUT2D eigenvalue weighted by Gasteiger charge is -2.37. The van der Waals surface area contributed by atoms with Gasteiger partial charge < -0.3 is 21.5 Å². The molecule has 1 aromatic carbocycles. The molecule has 22 heavy (non-hydrogen) atoms. The Morgan fingerprint density at radius 1 is 1.41 bits per heavy atom. The summed E-state index contributed by atoms with van der Waals surface area (Å²) in [6, 6.07) is 6.55. The Hall–Kier alpha value is -2.08. The van der Waals surface area contributed by atoms with Gasteiger partial charge in [-0.15, -0.1) is 0 Å². The Balaban J connectivity index is 2.02. The van der Waals surface area contributed by atoms with Crippen molar-refractivity contribution in [3.05, 3.63) is 35.4 Å². The molecule has 1 aliphatic carbocycles. The van der Waals surface area contributed by atoms with Gasteiger partial charge >= 0.3 is 12.0 Å². The number of aliphatic carboxylic acids is 1. The third-order valence-electron chi connectivity index (χ3n) is 4.23. The van der Waals surface area contributed by atoms with Crippen molar-refractivity contribution in [3.8, 4) is 0 Å². The minimum absolute atomic E-state index is 0.0646. The highest BCUT2D eigenvalue weighted by molar-refractivity contribution is 5.77. The molecule has 2 rings (SSSR count). The maximum atomic E-state index is 11.9. The lowest BCUT2D eigenvalue weighted by molar-refractivity contribution is -0.138. The minimum atomic E-state index is -1.13. The molecule has 120 valence electrons. The van der Waals surface area contributed by atoms with Crippen molar-refractivity contribution in [2.24, 2.45) is 5.73 Å². The summed E-state index contributed by atoms with van der Waals surface area (Å²) < 4.78 is 0. The number of hydrogen-bond acceptors (Lipinski definition) is 3. The van der Waals surface area contributed by atoms with Crippen molar-refractivity contribution in [3.63, 3.8) is 0 Å². The van der Waals surface area contributed by atoms with E-state index in [4.69, 9.17) is 10.8 Å². The van der Waals surface area contributed by atoms with Crippen LogP contribution in [-0.4, -0.2) is 29.7 Å². The summed E-state index contributed by atoms with van der Waals surface area (Å²) >= 11 is 0. The van der Waals surface area contributed by atoms with Gasteiger partial charge in [-0.25, -0.2) is 4.79 Å². The van der Waals surface area contributed by atoms with Gasteiger partial charge in [0.2, 0.25) is 0 Å². The summed E-state index contributed by atoms with van der Waals surface area (Å²) in [6.45, 7) is 4.31. The summed E-state index contributed by atoms with van der Waals surface area (Å²) in [5.41, 5.74) is 7.83. The van der Waals surface area contributed by atoms with Crippen LogP contribution in [0.15, 0.2) is 24.3 Å². The van der Waals surface area contributed by atoms with E-state index in [0.717, 1.165) is 18.4 Å². The summed E-state index contributed by atoms with van der Waals surface area (Å²) in [4.78, 5) is 22.6. The van der Waals surface area contributed by atoms with Crippen molar-refractivity contribution in [2.45, 2.75) is 44.2 Å². The van der Waals surface area contributed by atoms with E-state index in [1.807, 2.05) is 18.2 Å². The minimum Gasteiger partial charge on any atom is -0.480 e. The SMILES string of the molecule is CC1(C)CCC(NC(=O)NCC(N)C(=O)O)c2ccccc21. The molecule has 2 atom stereocenters. The average molecular weight is 305 g/mol. The van der Waals surface area contributed by atoms with E-state index in [-0.39, 0.29) is 18.0 Å². The molecule has 1 aliphatic rings. The number of urea groups is 1. The van der Waals surface area contributed by atoms with E-state index < -0.39 is 18.0 Å². The van der Waals surface area contributed by atoms with E-state index in [0.29, 0.717) is 0 Å².